The number of nitrogens with zero attached hydrogens (tertiary/aromatic N) is 2. The summed E-state index contributed by atoms with van der Waals surface area (Å²) in [6, 6.07) is 2.28. The molecule has 1 unspecified atom stereocenters. The molecule has 1 fully saturated rings. The van der Waals surface area contributed by atoms with E-state index in [1.165, 1.54) is 6.42 Å². The lowest BCUT2D eigenvalue weighted by Crippen LogP contribution is -2.32. The number of rotatable bonds is 4. The second-order valence-electron chi connectivity index (χ2n) is 5.81. The summed E-state index contributed by atoms with van der Waals surface area (Å²) in [5.74, 6) is -0.354. The van der Waals surface area contributed by atoms with Crippen LogP contribution < -0.4 is 5.32 Å². The van der Waals surface area contributed by atoms with Gasteiger partial charge < -0.3 is 15.3 Å². The zero-order valence-corrected chi connectivity index (χ0v) is 11.9. The monoisotopic (exact) mass is 275 g/mol. The van der Waals surface area contributed by atoms with E-state index >= 15 is 0 Å². The Morgan fingerprint density at radius 3 is 3.05 bits per heavy atom. The second-order valence-corrected chi connectivity index (χ2v) is 5.81. The first-order valence-corrected chi connectivity index (χ1v) is 7.35. The molecular weight excluding hydrogens is 254 g/mol. The number of anilines is 1. The fourth-order valence-corrected chi connectivity index (χ4v) is 3.22. The summed E-state index contributed by atoms with van der Waals surface area (Å²) in [6.45, 7) is 1.89. The summed E-state index contributed by atoms with van der Waals surface area (Å²) in [4.78, 5) is 18.3. The maximum absolute atomic E-state index is 11.4. The van der Waals surface area contributed by atoms with Crippen molar-refractivity contribution in [2.24, 2.45) is 0 Å². The first-order valence-electron chi connectivity index (χ1n) is 7.35. The van der Waals surface area contributed by atoms with Crippen molar-refractivity contribution in [2.45, 2.75) is 38.1 Å². The summed E-state index contributed by atoms with van der Waals surface area (Å²) in [7, 11) is 2.12. The molecule has 0 aromatic carbocycles. The Morgan fingerprint density at radius 2 is 2.35 bits per heavy atom. The van der Waals surface area contributed by atoms with Gasteiger partial charge >= 0.3 is 5.97 Å². The van der Waals surface area contributed by atoms with Crippen LogP contribution in [0.5, 0.6) is 0 Å². The number of likely N-dealkylation sites (N-methyl/N-ethyl adjacent to an activating group) is 1. The highest BCUT2D eigenvalue weighted by atomic mass is 16.4. The molecule has 20 heavy (non-hydrogen) atoms. The Bertz CT molecular complexity index is 530. The number of aromatic nitrogens is 1. The van der Waals surface area contributed by atoms with Crippen molar-refractivity contribution in [1.82, 2.24) is 9.88 Å². The van der Waals surface area contributed by atoms with Gasteiger partial charge in [-0.3, -0.25) is 0 Å². The third kappa shape index (κ3) is 2.50. The number of pyridine rings is 1. The molecule has 0 amide bonds. The van der Waals surface area contributed by atoms with E-state index in [0.717, 1.165) is 50.0 Å². The van der Waals surface area contributed by atoms with Gasteiger partial charge in [0.15, 0.2) is 0 Å². The zero-order valence-electron chi connectivity index (χ0n) is 11.9. The van der Waals surface area contributed by atoms with E-state index in [4.69, 9.17) is 0 Å². The van der Waals surface area contributed by atoms with Gasteiger partial charge in [-0.1, -0.05) is 0 Å². The van der Waals surface area contributed by atoms with E-state index in [0.29, 0.717) is 17.4 Å². The van der Waals surface area contributed by atoms with Crippen molar-refractivity contribution < 1.29 is 9.90 Å². The zero-order chi connectivity index (χ0) is 14.1. The number of carboxylic acid groups (broad SMARTS) is 1. The predicted molar refractivity (Wildman–Crippen MR) is 77.4 cm³/mol. The number of carbonyl (C=O) groups is 1. The fraction of sp³-hybridized carbons (Fsp3) is 0.600. The number of hydrogen-bond donors (Lipinski definition) is 2. The van der Waals surface area contributed by atoms with E-state index in [2.05, 4.69) is 22.2 Å². The largest absolute Gasteiger partial charge is 0.478 e. The van der Waals surface area contributed by atoms with Crippen LogP contribution in [0.2, 0.25) is 0 Å². The van der Waals surface area contributed by atoms with Crippen molar-refractivity contribution >= 4 is 11.8 Å². The maximum Gasteiger partial charge on any atom is 0.339 e. The van der Waals surface area contributed by atoms with Crippen LogP contribution in [0.15, 0.2) is 6.07 Å². The fourth-order valence-electron chi connectivity index (χ4n) is 3.22. The molecule has 5 heteroatoms. The molecule has 2 N–H and O–H groups in total. The average molecular weight is 275 g/mol. The summed E-state index contributed by atoms with van der Waals surface area (Å²) in [6.07, 6.45) is 5.38. The number of likely N-dealkylation sites (tertiary alicyclic amines) is 1. The van der Waals surface area contributed by atoms with Crippen LogP contribution in [-0.4, -0.2) is 47.1 Å². The molecule has 0 saturated carbocycles. The van der Waals surface area contributed by atoms with Crippen LogP contribution in [0.3, 0.4) is 0 Å². The normalized spacial score (nSPS) is 21.9. The molecule has 1 saturated heterocycles. The number of aryl methyl sites for hydroxylation is 2. The summed E-state index contributed by atoms with van der Waals surface area (Å²) in [5.41, 5.74) is 2.48. The Labute approximate surface area is 119 Å². The lowest BCUT2D eigenvalue weighted by Gasteiger charge is -2.20. The lowest BCUT2D eigenvalue weighted by molar-refractivity contribution is 0.0697. The number of aromatic carboxylic acids is 1. The molecule has 1 aromatic heterocycles. The van der Waals surface area contributed by atoms with Gasteiger partial charge in [0, 0.05) is 18.3 Å². The first-order chi connectivity index (χ1) is 9.65. The van der Waals surface area contributed by atoms with Gasteiger partial charge in [0.25, 0.3) is 0 Å². The summed E-state index contributed by atoms with van der Waals surface area (Å²) < 4.78 is 0. The Morgan fingerprint density at radius 1 is 1.50 bits per heavy atom. The molecule has 2 heterocycles. The third-order valence-corrected chi connectivity index (χ3v) is 4.46. The quantitative estimate of drug-likeness (QED) is 0.877. The first kappa shape index (κ1) is 13.4. The highest BCUT2D eigenvalue weighted by Crippen LogP contribution is 2.26. The van der Waals surface area contributed by atoms with Crippen LogP contribution in [0, 0.1) is 0 Å². The van der Waals surface area contributed by atoms with Gasteiger partial charge in [0.2, 0.25) is 0 Å². The molecule has 1 aromatic rings. The van der Waals surface area contributed by atoms with E-state index in [1.807, 2.05) is 0 Å². The molecule has 1 aliphatic carbocycles. The minimum Gasteiger partial charge on any atom is -0.478 e. The minimum atomic E-state index is -0.894. The number of carboxylic acids is 1. The Balaban J connectivity index is 1.79. The number of hydrogen-bond acceptors (Lipinski definition) is 4. The molecule has 1 aliphatic heterocycles. The van der Waals surface area contributed by atoms with E-state index in [9.17, 15) is 9.90 Å². The third-order valence-electron chi connectivity index (χ3n) is 4.46. The Kier molecular flexibility index (Phi) is 3.61. The maximum atomic E-state index is 11.4. The van der Waals surface area contributed by atoms with E-state index < -0.39 is 5.97 Å². The molecular formula is C15H21N3O2. The molecule has 108 valence electrons. The van der Waals surface area contributed by atoms with E-state index in [-0.39, 0.29) is 0 Å². The van der Waals surface area contributed by atoms with Crippen molar-refractivity contribution in [2.75, 3.05) is 25.5 Å². The standard InChI is InChI=1S/C15H21N3O2/c1-18-7-3-5-11(18)9-16-14-12(15(19)20)8-10-4-2-6-13(10)17-14/h8,11H,2-7,9H2,1H3,(H,16,17)(H,19,20). The van der Waals surface area contributed by atoms with Crippen LogP contribution in [0.1, 0.15) is 40.9 Å². The van der Waals surface area contributed by atoms with Crippen molar-refractivity contribution in [1.29, 1.82) is 0 Å². The predicted octanol–water partition coefficient (Wildman–Crippen LogP) is 1.77. The molecule has 1 atom stereocenters. The smallest absolute Gasteiger partial charge is 0.339 e. The van der Waals surface area contributed by atoms with E-state index in [1.54, 1.807) is 6.07 Å². The topological polar surface area (TPSA) is 65.5 Å². The van der Waals surface area contributed by atoms with Crippen LogP contribution >= 0.6 is 0 Å². The minimum absolute atomic E-state index is 0.311. The average Bonchev–Trinajstić information content (AvgIpc) is 3.03. The summed E-state index contributed by atoms with van der Waals surface area (Å²) >= 11 is 0. The van der Waals surface area contributed by atoms with Gasteiger partial charge in [-0.25, -0.2) is 9.78 Å². The second kappa shape index (κ2) is 5.40. The Hall–Kier alpha value is -1.62. The van der Waals surface area contributed by atoms with Gasteiger partial charge in [-0.2, -0.15) is 0 Å². The van der Waals surface area contributed by atoms with Gasteiger partial charge in [-0.15, -0.1) is 0 Å². The van der Waals surface area contributed by atoms with Crippen LogP contribution in [0.4, 0.5) is 5.82 Å². The van der Waals surface area contributed by atoms with Crippen molar-refractivity contribution in [3.63, 3.8) is 0 Å². The van der Waals surface area contributed by atoms with Crippen LogP contribution in [-0.2, 0) is 12.8 Å². The lowest BCUT2D eigenvalue weighted by atomic mass is 10.1. The highest BCUT2D eigenvalue weighted by Gasteiger charge is 2.23. The molecule has 2 aliphatic rings. The molecule has 0 spiro atoms. The van der Waals surface area contributed by atoms with Crippen molar-refractivity contribution in [3.05, 3.63) is 22.9 Å². The van der Waals surface area contributed by atoms with Gasteiger partial charge in [0.1, 0.15) is 11.4 Å². The van der Waals surface area contributed by atoms with Gasteiger partial charge in [-0.05, 0) is 57.3 Å². The molecule has 3 rings (SSSR count). The highest BCUT2D eigenvalue weighted by molar-refractivity contribution is 5.93. The van der Waals surface area contributed by atoms with Crippen molar-refractivity contribution in [3.8, 4) is 0 Å². The SMILES string of the molecule is CN1CCCC1CNc1nc2c(cc1C(=O)O)CCC2. The summed E-state index contributed by atoms with van der Waals surface area (Å²) in [5, 5.41) is 12.6. The number of fused-ring (bicyclic) bond motifs is 1. The van der Waals surface area contributed by atoms with Gasteiger partial charge in [0.05, 0.1) is 0 Å². The van der Waals surface area contributed by atoms with Crippen LogP contribution in [0.25, 0.3) is 0 Å². The molecule has 0 radical (unpaired) electrons. The number of nitrogens with one attached hydrogen (secondary N) is 1. The molecule has 5 nitrogen and oxygen atoms in total. The molecule has 0 bridgehead atoms.